The van der Waals surface area contributed by atoms with Gasteiger partial charge in [-0.1, -0.05) is 6.42 Å². The van der Waals surface area contributed by atoms with Gasteiger partial charge in [-0.15, -0.1) is 0 Å². The molecule has 1 aliphatic carbocycles. The summed E-state index contributed by atoms with van der Waals surface area (Å²) in [5.74, 6) is 0. The number of nitrogens with two attached hydrogens (primary N) is 2. The number of ether oxygens (including phenoxy) is 2. The Labute approximate surface area is 88.9 Å². The molecule has 4 N–H and O–H groups in total. The number of methoxy groups -OCH3 is 1. The zero-order chi connectivity index (χ0) is 11.7. The fraction of sp³-hybridized carbons (Fsp3) is 0.778. The van der Waals surface area contributed by atoms with Crippen molar-refractivity contribution < 1.29 is 19.1 Å². The van der Waals surface area contributed by atoms with Crippen LogP contribution in [0.1, 0.15) is 32.1 Å². The van der Waals surface area contributed by atoms with Crippen molar-refractivity contribution in [3.05, 3.63) is 0 Å². The molecule has 0 aromatic heterocycles. The summed E-state index contributed by atoms with van der Waals surface area (Å²) in [4.78, 5) is 19.6. The quantitative estimate of drug-likeness (QED) is 0.688. The average molecular weight is 218 g/mol. The summed E-state index contributed by atoms with van der Waals surface area (Å²) in [6.07, 6.45) is 4.29. The molecule has 1 saturated carbocycles. The van der Waals surface area contributed by atoms with Gasteiger partial charge in [0.25, 0.3) is 0 Å². The number of carbonyl (C=O) groups excluding carboxylic acids is 2. The highest BCUT2D eigenvalue weighted by atomic mass is 16.6. The Morgan fingerprint density at radius 3 is 1.87 bits per heavy atom. The van der Waals surface area contributed by atoms with Crippen molar-refractivity contribution in [3.63, 3.8) is 0 Å². The van der Waals surface area contributed by atoms with Crippen LogP contribution in [0.3, 0.4) is 0 Å². The first-order valence-corrected chi connectivity index (χ1v) is 4.85. The molecule has 88 valence electrons. The van der Waals surface area contributed by atoms with Gasteiger partial charge in [0.05, 0.1) is 7.11 Å². The first-order chi connectivity index (χ1) is 7.06. The van der Waals surface area contributed by atoms with E-state index in [9.17, 15) is 9.59 Å². The second-order valence-electron chi connectivity index (χ2n) is 3.22. The Hall–Kier alpha value is -1.46. The Bertz CT molecular complexity index is 202. The molecule has 1 fully saturated rings. The van der Waals surface area contributed by atoms with E-state index in [2.05, 4.69) is 10.5 Å². The van der Waals surface area contributed by atoms with E-state index >= 15 is 0 Å². The predicted molar refractivity (Wildman–Crippen MR) is 54.1 cm³/mol. The predicted octanol–water partition coefficient (Wildman–Crippen LogP) is 1.13. The van der Waals surface area contributed by atoms with Crippen LogP contribution in [0.15, 0.2) is 0 Å². The molecule has 15 heavy (non-hydrogen) atoms. The Balaban J connectivity index is 0.000000336. The van der Waals surface area contributed by atoms with Crippen molar-refractivity contribution in [2.75, 3.05) is 7.11 Å². The lowest BCUT2D eigenvalue weighted by atomic mass is 9.98. The van der Waals surface area contributed by atoms with E-state index < -0.39 is 12.2 Å². The first kappa shape index (κ1) is 13.5. The normalized spacial score (nSPS) is 15.8. The van der Waals surface area contributed by atoms with Crippen molar-refractivity contribution in [2.24, 2.45) is 11.5 Å². The lowest BCUT2D eigenvalue weighted by Gasteiger charge is -2.20. The molecule has 0 saturated heterocycles. The molecule has 0 atom stereocenters. The first-order valence-electron chi connectivity index (χ1n) is 4.85. The number of primary amides is 2. The SMILES string of the molecule is COC(N)=O.NC(=O)OC1CCCCC1. The van der Waals surface area contributed by atoms with E-state index in [-0.39, 0.29) is 6.10 Å². The van der Waals surface area contributed by atoms with E-state index in [1.165, 1.54) is 13.5 Å². The summed E-state index contributed by atoms with van der Waals surface area (Å²) in [6, 6.07) is 0. The third-order valence-corrected chi connectivity index (χ3v) is 2.04. The summed E-state index contributed by atoms with van der Waals surface area (Å²) in [5.41, 5.74) is 9.29. The zero-order valence-corrected chi connectivity index (χ0v) is 8.90. The minimum Gasteiger partial charge on any atom is -0.453 e. The maximum Gasteiger partial charge on any atom is 0.404 e. The van der Waals surface area contributed by atoms with Gasteiger partial charge in [0, 0.05) is 0 Å². The lowest BCUT2D eigenvalue weighted by molar-refractivity contribution is 0.0829. The summed E-state index contributed by atoms with van der Waals surface area (Å²) >= 11 is 0. The van der Waals surface area contributed by atoms with Gasteiger partial charge in [0.2, 0.25) is 0 Å². The average Bonchev–Trinajstić information content (AvgIpc) is 2.19. The molecule has 0 aliphatic heterocycles. The molecule has 0 aromatic carbocycles. The van der Waals surface area contributed by atoms with Gasteiger partial charge in [-0.2, -0.15) is 0 Å². The molecule has 0 spiro atoms. The van der Waals surface area contributed by atoms with Crippen molar-refractivity contribution in [2.45, 2.75) is 38.2 Å². The van der Waals surface area contributed by atoms with Gasteiger partial charge in [0.1, 0.15) is 6.10 Å². The molecule has 2 amide bonds. The van der Waals surface area contributed by atoms with Gasteiger partial charge >= 0.3 is 12.2 Å². The molecule has 1 aliphatic rings. The molecule has 6 heteroatoms. The van der Waals surface area contributed by atoms with Crippen LogP contribution < -0.4 is 11.5 Å². The third kappa shape index (κ3) is 8.86. The number of hydrogen-bond acceptors (Lipinski definition) is 4. The van der Waals surface area contributed by atoms with Crippen LogP contribution in [-0.2, 0) is 9.47 Å². The van der Waals surface area contributed by atoms with Crippen LogP contribution in [0.5, 0.6) is 0 Å². The highest BCUT2D eigenvalue weighted by molar-refractivity contribution is 5.64. The maximum absolute atomic E-state index is 10.3. The second kappa shape index (κ2) is 7.90. The van der Waals surface area contributed by atoms with E-state index in [0.717, 1.165) is 25.7 Å². The molecule has 0 bridgehead atoms. The minimum absolute atomic E-state index is 0.103. The summed E-state index contributed by atoms with van der Waals surface area (Å²) in [7, 11) is 1.22. The molecular formula is C9H18N2O4. The summed E-state index contributed by atoms with van der Waals surface area (Å²) in [6.45, 7) is 0. The Morgan fingerprint density at radius 1 is 1.07 bits per heavy atom. The van der Waals surface area contributed by atoms with Gasteiger partial charge in [0.15, 0.2) is 0 Å². The van der Waals surface area contributed by atoms with Crippen LogP contribution in [0.2, 0.25) is 0 Å². The summed E-state index contributed by atoms with van der Waals surface area (Å²) in [5, 5.41) is 0. The second-order valence-corrected chi connectivity index (χ2v) is 3.22. The van der Waals surface area contributed by atoms with E-state index in [1.54, 1.807) is 0 Å². The summed E-state index contributed by atoms with van der Waals surface area (Å²) < 4.78 is 8.72. The number of amides is 2. The molecule has 0 radical (unpaired) electrons. The van der Waals surface area contributed by atoms with Crippen LogP contribution >= 0.6 is 0 Å². The van der Waals surface area contributed by atoms with Crippen molar-refractivity contribution >= 4 is 12.2 Å². The molecule has 0 unspecified atom stereocenters. The molecule has 0 heterocycles. The highest BCUT2D eigenvalue weighted by Crippen LogP contribution is 2.19. The van der Waals surface area contributed by atoms with Gasteiger partial charge < -0.3 is 20.9 Å². The largest absolute Gasteiger partial charge is 0.453 e. The van der Waals surface area contributed by atoms with Gasteiger partial charge in [-0.25, -0.2) is 9.59 Å². The van der Waals surface area contributed by atoms with Crippen molar-refractivity contribution in [3.8, 4) is 0 Å². The van der Waals surface area contributed by atoms with E-state index in [1.807, 2.05) is 0 Å². The maximum atomic E-state index is 10.3. The highest BCUT2D eigenvalue weighted by Gasteiger charge is 2.15. The standard InChI is InChI=1S/C7H13NO2.C2H5NO2/c8-7(9)10-6-4-2-1-3-5-6;1-5-2(3)4/h6H,1-5H2,(H2,8,9);1H3,(H2,3,4). The van der Waals surface area contributed by atoms with E-state index in [4.69, 9.17) is 10.5 Å². The molecule has 0 aromatic rings. The van der Waals surface area contributed by atoms with Gasteiger partial charge in [-0.05, 0) is 25.7 Å². The van der Waals surface area contributed by atoms with E-state index in [0.29, 0.717) is 0 Å². The fourth-order valence-corrected chi connectivity index (χ4v) is 1.35. The molecule has 1 rings (SSSR count). The lowest BCUT2D eigenvalue weighted by Crippen LogP contribution is -2.24. The van der Waals surface area contributed by atoms with Crippen LogP contribution in [0.25, 0.3) is 0 Å². The van der Waals surface area contributed by atoms with Crippen LogP contribution in [0, 0.1) is 0 Å². The minimum atomic E-state index is -0.745. The fourth-order valence-electron chi connectivity index (χ4n) is 1.35. The van der Waals surface area contributed by atoms with Crippen molar-refractivity contribution in [1.29, 1.82) is 0 Å². The topological polar surface area (TPSA) is 105 Å². The van der Waals surface area contributed by atoms with Crippen LogP contribution in [0.4, 0.5) is 9.59 Å². The number of rotatable bonds is 1. The number of hydrogen-bond donors (Lipinski definition) is 2. The smallest absolute Gasteiger partial charge is 0.404 e. The Kier molecular flexibility index (Phi) is 7.13. The molecular weight excluding hydrogens is 200 g/mol. The Morgan fingerprint density at radius 2 is 1.53 bits per heavy atom. The third-order valence-electron chi connectivity index (χ3n) is 2.04. The van der Waals surface area contributed by atoms with Gasteiger partial charge in [-0.3, -0.25) is 0 Å². The molecule has 6 nitrogen and oxygen atoms in total. The number of carbonyl (C=O) groups is 2. The van der Waals surface area contributed by atoms with Crippen molar-refractivity contribution in [1.82, 2.24) is 0 Å². The monoisotopic (exact) mass is 218 g/mol. The van der Waals surface area contributed by atoms with Crippen LogP contribution in [-0.4, -0.2) is 25.4 Å². The zero-order valence-electron chi connectivity index (χ0n) is 8.90.